The number of benzene rings is 2. The van der Waals surface area contributed by atoms with Crippen LogP contribution in [0.25, 0.3) is 10.8 Å². The van der Waals surface area contributed by atoms with Crippen molar-refractivity contribution in [1.29, 1.82) is 0 Å². The van der Waals surface area contributed by atoms with Gasteiger partial charge in [0.1, 0.15) is 12.4 Å². The third-order valence-electron chi connectivity index (χ3n) is 3.25. The molecule has 0 unspecified atom stereocenters. The van der Waals surface area contributed by atoms with Gasteiger partial charge in [-0.05, 0) is 23.6 Å². The van der Waals surface area contributed by atoms with E-state index in [0.717, 1.165) is 34.6 Å². The maximum Gasteiger partial charge on any atom is 0.127 e. The SMILES string of the molecule is Clc1ccc(OCCNCc2cccs2)c2ccccc12. The number of fused-ring (bicyclic) bond motifs is 1. The number of hydrogen-bond acceptors (Lipinski definition) is 3. The van der Waals surface area contributed by atoms with Gasteiger partial charge in [0.25, 0.3) is 0 Å². The predicted molar refractivity (Wildman–Crippen MR) is 90.5 cm³/mol. The molecule has 108 valence electrons. The minimum atomic E-state index is 0.636. The van der Waals surface area contributed by atoms with Crippen molar-refractivity contribution in [3.63, 3.8) is 0 Å². The molecule has 0 fully saturated rings. The van der Waals surface area contributed by atoms with Gasteiger partial charge in [-0.15, -0.1) is 11.3 Å². The Labute approximate surface area is 133 Å². The van der Waals surface area contributed by atoms with Gasteiger partial charge in [0, 0.05) is 33.8 Å². The fraction of sp³-hybridized carbons (Fsp3) is 0.176. The molecular weight excluding hydrogens is 302 g/mol. The zero-order valence-electron chi connectivity index (χ0n) is 11.5. The molecular formula is C17H16ClNOS. The van der Waals surface area contributed by atoms with Crippen LogP contribution in [-0.4, -0.2) is 13.2 Å². The smallest absolute Gasteiger partial charge is 0.127 e. The van der Waals surface area contributed by atoms with E-state index in [9.17, 15) is 0 Å². The van der Waals surface area contributed by atoms with E-state index in [1.54, 1.807) is 11.3 Å². The third kappa shape index (κ3) is 3.56. The summed E-state index contributed by atoms with van der Waals surface area (Å²) in [7, 11) is 0. The first-order valence-electron chi connectivity index (χ1n) is 6.88. The first kappa shape index (κ1) is 14.4. The zero-order valence-corrected chi connectivity index (χ0v) is 13.1. The predicted octanol–water partition coefficient (Wildman–Crippen LogP) is 4.72. The zero-order chi connectivity index (χ0) is 14.5. The molecule has 2 nitrogen and oxygen atoms in total. The van der Waals surface area contributed by atoms with Gasteiger partial charge in [-0.3, -0.25) is 0 Å². The van der Waals surface area contributed by atoms with E-state index in [1.165, 1.54) is 4.88 Å². The van der Waals surface area contributed by atoms with E-state index < -0.39 is 0 Å². The van der Waals surface area contributed by atoms with Crippen LogP contribution in [0.3, 0.4) is 0 Å². The summed E-state index contributed by atoms with van der Waals surface area (Å²) in [5.41, 5.74) is 0. The second kappa shape index (κ2) is 6.94. The molecule has 0 saturated carbocycles. The van der Waals surface area contributed by atoms with Crippen LogP contribution >= 0.6 is 22.9 Å². The van der Waals surface area contributed by atoms with E-state index in [2.05, 4.69) is 22.8 Å². The van der Waals surface area contributed by atoms with Crippen LogP contribution in [0.5, 0.6) is 5.75 Å². The van der Waals surface area contributed by atoms with Gasteiger partial charge in [0.05, 0.1) is 0 Å². The molecule has 3 aromatic rings. The number of thiophene rings is 1. The molecule has 3 rings (SSSR count). The highest BCUT2D eigenvalue weighted by Crippen LogP contribution is 2.31. The number of ether oxygens (including phenoxy) is 1. The largest absolute Gasteiger partial charge is 0.492 e. The van der Waals surface area contributed by atoms with Crippen molar-refractivity contribution in [3.05, 3.63) is 63.8 Å². The van der Waals surface area contributed by atoms with E-state index >= 15 is 0 Å². The van der Waals surface area contributed by atoms with Gasteiger partial charge < -0.3 is 10.1 Å². The summed E-state index contributed by atoms with van der Waals surface area (Å²) in [6.45, 7) is 2.34. The quantitative estimate of drug-likeness (QED) is 0.664. The molecule has 0 aliphatic carbocycles. The van der Waals surface area contributed by atoms with Gasteiger partial charge in [0.2, 0.25) is 0 Å². The molecule has 21 heavy (non-hydrogen) atoms. The van der Waals surface area contributed by atoms with Crippen molar-refractivity contribution in [3.8, 4) is 5.75 Å². The Kier molecular flexibility index (Phi) is 4.76. The van der Waals surface area contributed by atoms with Gasteiger partial charge in [0.15, 0.2) is 0 Å². The average molecular weight is 318 g/mol. The Balaban J connectivity index is 1.57. The third-order valence-corrected chi connectivity index (χ3v) is 4.45. The average Bonchev–Trinajstić information content (AvgIpc) is 3.03. The minimum Gasteiger partial charge on any atom is -0.492 e. The van der Waals surface area contributed by atoms with Crippen LogP contribution < -0.4 is 10.1 Å². The van der Waals surface area contributed by atoms with Crippen LogP contribution in [0.15, 0.2) is 53.9 Å². The van der Waals surface area contributed by atoms with Crippen molar-refractivity contribution < 1.29 is 4.74 Å². The topological polar surface area (TPSA) is 21.3 Å². The maximum atomic E-state index is 6.20. The Bertz CT molecular complexity index is 712. The van der Waals surface area contributed by atoms with Gasteiger partial charge in [-0.25, -0.2) is 0 Å². The van der Waals surface area contributed by atoms with Crippen molar-refractivity contribution in [1.82, 2.24) is 5.32 Å². The van der Waals surface area contributed by atoms with E-state index in [-0.39, 0.29) is 0 Å². The molecule has 2 aromatic carbocycles. The molecule has 0 bridgehead atoms. The molecule has 4 heteroatoms. The second-order valence-corrected chi connectivity index (χ2v) is 6.14. The lowest BCUT2D eigenvalue weighted by Crippen LogP contribution is -2.20. The van der Waals surface area contributed by atoms with Crippen molar-refractivity contribution in [2.45, 2.75) is 6.54 Å². The molecule has 0 amide bonds. The first-order chi connectivity index (χ1) is 10.3. The molecule has 0 aliphatic heterocycles. The highest BCUT2D eigenvalue weighted by Gasteiger charge is 2.04. The van der Waals surface area contributed by atoms with E-state index in [1.807, 2.05) is 36.4 Å². The van der Waals surface area contributed by atoms with Gasteiger partial charge >= 0.3 is 0 Å². The number of rotatable bonds is 6. The summed E-state index contributed by atoms with van der Waals surface area (Å²) < 4.78 is 5.88. The second-order valence-electron chi connectivity index (χ2n) is 4.70. The summed E-state index contributed by atoms with van der Waals surface area (Å²) in [5, 5.41) is 8.31. The summed E-state index contributed by atoms with van der Waals surface area (Å²) in [6.07, 6.45) is 0. The lowest BCUT2D eigenvalue weighted by atomic mass is 10.1. The van der Waals surface area contributed by atoms with Crippen LogP contribution in [-0.2, 0) is 6.54 Å². The number of hydrogen-bond donors (Lipinski definition) is 1. The summed E-state index contributed by atoms with van der Waals surface area (Å²) in [5.74, 6) is 0.882. The molecule has 1 N–H and O–H groups in total. The molecule has 0 spiro atoms. The Morgan fingerprint density at radius 1 is 1.00 bits per heavy atom. The summed E-state index contributed by atoms with van der Waals surface area (Å²) in [4.78, 5) is 1.34. The van der Waals surface area contributed by atoms with E-state index in [0.29, 0.717) is 6.61 Å². The van der Waals surface area contributed by atoms with Gasteiger partial charge in [-0.1, -0.05) is 41.9 Å². The van der Waals surface area contributed by atoms with E-state index in [4.69, 9.17) is 16.3 Å². The van der Waals surface area contributed by atoms with Crippen LogP contribution in [0.1, 0.15) is 4.88 Å². The van der Waals surface area contributed by atoms with Crippen LogP contribution in [0.2, 0.25) is 5.02 Å². The normalized spacial score (nSPS) is 10.9. The number of nitrogens with one attached hydrogen (secondary N) is 1. The lowest BCUT2D eigenvalue weighted by molar-refractivity contribution is 0.317. The van der Waals surface area contributed by atoms with Crippen LogP contribution in [0.4, 0.5) is 0 Å². The van der Waals surface area contributed by atoms with Crippen molar-refractivity contribution in [2.24, 2.45) is 0 Å². The Morgan fingerprint density at radius 2 is 1.86 bits per heavy atom. The fourth-order valence-electron chi connectivity index (χ4n) is 2.22. The number of halogens is 1. The fourth-order valence-corrected chi connectivity index (χ4v) is 3.12. The first-order valence-corrected chi connectivity index (χ1v) is 8.13. The molecule has 0 aliphatic rings. The molecule has 1 heterocycles. The Hall–Kier alpha value is -1.55. The molecule has 1 aromatic heterocycles. The standard InChI is InChI=1S/C17H16ClNOS/c18-16-7-8-17(15-6-2-1-5-14(15)16)20-10-9-19-12-13-4-3-11-21-13/h1-8,11,19H,9-10,12H2. The summed E-state index contributed by atoms with van der Waals surface area (Å²) in [6, 6.07) is 16.1. The molecule has 0 radical (unpaired) electrons. The molecule has 0 atom stereocenters. The van der Waals surface area contributed by atoms with Crippen molar-refractivity contribution in [2.75, 3.05) is 13.2 Å². The van der Waals surface area contributed by atoms with Gasteiger partial charge in [-0.2, -0.15) is 0 Å². The molecule has 0 saturated heterocycles. The maximum absolute atomic E-state index is 6.20. The minimum absolute atomic E-state index is 0.636. The highest BCUT2D eigenvalue weighted by molar-refractivity contribution is 7.09. The Morgan fingerprint density at radius 3 is 2.67 bits per heavy atom. The highest BCUT2D eigenvalue weighted by atomic mass is 35.5. The summed E-state index contributed by atoms with van der Waals surface area (Å²) >= 11 is 7.97. The monoisotopic (exact) mass is 317 g/mol. The van der Waals surface area contributed by atoms with Crippen LogP contribution in [0, 0.1) is 0 Å². The van der Waals surface area contributed by atoms with Crippen molar-refractivity contribution >= 4 is 33.7 Å². The lowest BCUT2D eigenvalue weighted by Gasteiger charge is -2.10.